The van der Waals surface area contributed by atoms with Gasteiger partial charge in [0, 0.05) is 18.3 Å². The summed E-state index contributed by atoms with van der Waals surface area (Å²) in [6.45, 7) is 2.58. The minimum Gasteiger partial charge on any atom is -0.317 e. The molecule has 7 nitrogen and oxygen atoms in total. The number of piperidine rings is 1. The fourth-order valence-electron chi connectivity index (χ4n) is 2.69. The Morgan fingerprint density at radius 3 is 3.14 bits per heavy atom. The molecule has 0 radical (unpaired) electrons. The Morgan fingerprint density at radius 1 is 1.48 bits per heavy atom. The van der Waals surface area contributed by atoms with Crippen LogP contribution in [0.3, 0.4) is 0 Å². The number of carbonyl (C=O) groups excluding carboxylic acids is 1. The van der Waals surface area contributed by atoms with E-state index in [-0.39, 0.29) is 12.1 Å². The van der Waals surface area contributed by atoms with Crippen molar-refractivity contribution in [1.29, 1.82) is 0 Å². The molecule has 2 aromatic heterocycles. The zero-order valence-corrected chi connectivity index (χ0v) is 11.9. The largest absolute Gasteiger partial charge is 0.322 e. The number of urea groups is 1. The fraction of sp³-hybridized carbons (Fsp3) is 0.429. The van der Waals surface area contributed by atoms with E-state index in [1.807, 2.05) is 18.0 Å². The first kappa shape index (κ1) is 13.5. The average Bonchev–Trinajstić information content (AvgIpc) is 3.04. The van der Waals surface area contributed by atoms with Crippen molar-refractivity contribution in [2.75, 3.05) is 11.9 Å². The van der Waals surface area contributed by atoms with Crippen LogP contribution < -0.4 is 5.32 Å². The number of aromatic amines is 1. The fourth-order valence-corrected chi connectivity index (χ4v) is 2.69. The van der Waals surface area contributed by atoms with Gasteiger partial charge in [-0.1, -0.05) is 0 Å². The zero-order valence-electron chi connectivity index (χ0n) is 11.9. The van der Waals surface area contributed by atoms with Crippen LogP contribution in [0, 0.1) is 6.92 Å². The van der Waals surface area contributed by atoms with Gasteiger partial charge in [-0.25, -0.2) is 4.79 Å². The van der Waals surface area contributed by atoms with E-state index in [0.29, 0.717) is 11.4 Å². The van der Waals surface area contributed by atoms with Gasteiger partial charge in [0.1, 0.15) is 0 Å². The summed E-state index contributed by atoms with van der Waals surface area (Å²) >= 11 is 0. The molecule has 0 aliphatic carbocycles. The lowest BCUT2D eigenvalue weighted by Crippen LogP contribution is -2.41. The molecule has 1 aliphatic rings. The molecule has 1 fully saturated rings. The van der Waals surface area contributed by atoms with Crippen molar-refractivity contribution >= 4 is 11.7 Å². The molecular formula is C14H18N6O. The Balaban J connectivity index is 1.77. The second-order valence-electron chi connectivity index (χ2n) is 5.20. The van der Waals surface area contributed by atoms with Crippen molar-refractivity contribution < 1.29 is 4.79 Å². The van der Waals surface area contributed by atoms with E-state index in [0.717, 1.165) is 31.4 Å². The molecule has 3 rings (SSSR count). The molecule has 1 aliphatic heterocycles. The first-order valence-corrected chi connectivity index (χ1v) is 7.10. The second kappa shape index (κ2) is 5.90. The number of nitrogens with zero attached hydrogens (tertiary/aromatic N) is 4. The zero-order chi connectivity index (χ0) is 14.7. The maximum atomic E-state index is 12.6. The number of likely N-dealkylation sites (tertiary alicyclic amines) is 1. The molecular weight excluding hydrogens is 268 g/mol. The number of rotatable bonds is 2. The summed E-state index contributed by atoms with van der Waals surface area (Å²) in [5, 5.41) is 17.5. The standard InChI is InChI=1S/C14H18N6O/c1-10-12(5-6-15-19-10)18-14(21)20-7-3-2-4-13(20)11-8-16-17-9-11/h5-6,8-9,13H,2-4,7H2,1H3,(H,16,17)(H,15,18,21). The Kier molecular flexibility index (Phi) is 3.81. The number of hydrogen-bond acceptors (Lipinski definition) is 4. The third-order valence-corrected chi connectivity index (χ3v) is 3.81. The lowest BCUT2D eigenvalue weighted by Gasteiger charge is -2.35. The van der Waals surface area contributed by atoms with Crippen LogP contribution in [0.4, 0.5) is 10.5 Å². The Bertz CT molecular complexity index is 612. The summed E-state index contributed by atoms with van der Waals surface area (Å²) in [5.74, 6) is 0. The molecule has 7 heteroatoms. The number of anilines is 1. The lowest BCUT2D eigenvalue weighted by molar-refractivity contribution is 0.163. The highest BCUT2D eigenvalue weighted by Gasteiger charge is 2.28. The topological polar surface area (TPSA) is 86.8 Å². The SMILES string of the molecule is Cc1nnccc1NC(=O)N1CCCCC1c1cn[nH]c1. The van der Waals surface area contributed by atoms with Crippen LogP contribution in [-0.4, -0.2) is 37.9 Å². The molecule has 0 spiro atoms. The summed E-state index contributed by atoms with van der Waals surface area (Å²) in [6.07, 6.45) is 8.32. The number of carbonyl (C=O) groups is 1. The van der Waals surface area contributed by atoms with E-state index in [2.05, 4.69) is 25.7 Å². The van der Waals surface area contributed by atoms with Crippen molar-refractivity contribution in [3.63, 3.8) is 0 Å². The van der Waals surface area contributed by atoms with E-state index in [4.69, 9.17) is 0 Å². The maximum absolute atomic E-state index is 12.6. The highest BCUT2D eigenvalue weighted by Crippen LogP contribution is 2.30. The predicted octanol–water partition coefficient (Wildman–Crippen LogP) is 2.27. The van der Waals surface area contributed by atoms with Crippen molar-refractivity contribution in [3.05, 3.63) is 35.9 Å². The van der Waals surface area contributed by atoms with Crippen LogP contribution in [-0.2, 0) is 0 Å². The molecule has 1 atom stereocenters. The van der Waals surface area contributed by atoms with E-state index < -0.39 is 0 Å². The van der Waals surface area contributed by atoms with Gasteiger partial charge in [0.2, 0.25) is 0 Å². The van der Waals surface area contributed by atoms with Gasteiger partial charge in [-0.3, -0.25) is 5.10 Å². The van der Waals surface area contributed by atoms with Gasteiger partial charge in [-0.15, -0.1) is 0 Å². The van der Waals surface area contributed by atoms with Crippen LogP contribution in [0.5, 0.6) is 0 Å². The van der Waals surface area contributed by atoms with E-state index >= 15 is 0 Å². The van der Waals surface area contributed by atoms with E-state index in [1.165, 1.54) is 0 Å². The quantitative estimate of drug-likeness (QED) is 0.886. The molecule has 0 bridgehead atoms. The first-order chi connectivity index (χ1) is 10.3. The summed E-state index contributed by atoms with van der Waals surface area (Å²) in [6, 6.07) is 1.74. The summed E-state index contributed by atoms with van der Waals surface area (Å²) in [7, 11) is 0. The summed E-state index contributed by atoms with van der Waals surface area (Å²) < 4.78 is 0. The first-order valence-electron chi connectivity index (χ1n) is 7.10. The van der Waals surface area contributed by atoms with Gasteiger partial charge >= 0.3 is 6.03 Å². The normalized spacial score (nSPS) is 18.5. The number of hydrogen-bond donors (Lipinski definition) is 2. The average molecular weight is 286 g/mol. The summed E-state index contributed by atoms with van der Waals surface area (Å²) in [5.41, 5.74) is 2.46. The third-order valence-electron chi connectivity index (χ3n) is 3.81. The smallest absolute Gasteiger partial charge is 0.317 e. The van der Waals surface area contributed by atoms with Crippen LogP contribution >= 0.6 is 0 Å². The van der Waals surface area contributed by atoms with Crippen LogP contribution in [0.25, 0.3) is 0 Å². The molecule has 2 amide bonds. The molecule has 1 unspecified atom stereocenters. The van der Waals surface area contributed by atoms with Crippen molar-refractivity contribution in [2.45, 2.75) is 32.2 Å². The molecule has 21 heavy (non-hydrogen) atoms. The van der Waals surface area contributed by atoms with Gasteiger partial charge in [0.05, 0.1) is 29.8 Å². The molecule has 0 saturated carbocycles. The number of aryl methyl sites for hydroxylation is 1. The molecule has 3 heterocycles. The minimum absolute atomic E-state index is 0.0765. The number of aromatic nitrogens is 4. The predicted molar refractivity (Wildman–Crippen MR) is 77.7 cm³/mol. The van der Waals surface area contributed by atoms with E-state index in [9.17, 15) is 4.79 Å². The third kappa shape index (κ3) is 2.86. The van der Waals surface area contributed by atoms with Gasteiger partial charge in [-0.2, -0.15) is 15.3 Å². The van der Waals surface area contributed by atoms with Crippen molar-refractivity contribution in [2.24, 2.45) is 0 Å². The van der Waals surface area contributed by atoms with Crippen LogP contribution in [0.15, 0.2) is 24.7 Å². The summed E-state index contributed by atoms with van der Waals surface area (Å²) in [4.78, 5) is 14.4. The molecule has 110 valence electrons. The van der Waals surface area contributed by atoms with Gasteiger partial charge < -0.3 is 10.2 Å². The van der Waals surface area contributed by atoms with Crippen molar-refractivity contribution in [1.82, 2.24) is 25.3 Å². The minimum atomic E-state index is -0.1000. The second-order valence-corrected chi connectivity index (χ2v) is 5.20. The van der Waals surface area contributed by atoms with E-state index in [1.54, 1.807) is 18.5 Å². The lowest BCUT2D eigenvalue weighted by atomic mass is 9.98. The van der Waals surface area contributed by atoms with Gasteiger partial charge in [0.25, 0.3) is 0 Å². The molecule has 2 N–H and O–H groups in total. The number of H-pyrrole nitrogens is 1. The number of amides is 2. The van der Waals surface area contributed by atoms with Crippen molar-refractivity contribution in [3.8, 4) is 0 Å². The number of nitrogens with one attached hydrogen (secondary N) is 2. The Hall–Kier alpha value is -2.44. The van der Waals surface area contributed by atoms with Crippen LogP contribution in [0.1, 0.15) is 36.6 Å². The highest BCUT2D eigenvalue weighted by molar-refractivity contribution is 5.90. The molecule has 0 aromatic carbocycles. The Morgan fingerprint density at radius 2 is 2.38 bits per heavy atom. The molecule has 1 saturated heterocycles. The van der Waals surface area contributed by atoms with Crippen LogP contribution in [0.2, 0.25) is 0 Å². The van der Waals surface area contributed by atoms with Gasteiger partial charge in [-0.05, 0) is 32.3 Å². The Labute approximate surface area is 122 Å². The molecule has 2 aromatic rings. The highest BCUT2D eigenvalue weighted by atomic mass is 16.2. The maximum Gasteiger partial charge on any atom is 0.322 e. The van der Waals surface area contributed by atoms with Gasteiger partial charge in [0.15, 0.2) is 0 Å². The monoisotopic (exact) mass is 286 g/mol.